The molecule has 0 amide bonds. The Bertz CT molecular complexity index is 721. The minimum atomic E-state index is -2.49. The van der Waals surface area contributed by atoms with Crippen molar-refractivity contribution in [2.75, 3.05) is 0 Å². The zero-order valence-electron chi connectivity index (χ0n) is 9.92. The number of fused-ring (bicyclic) bond motifs is 1. The molecule has 0 saturated heterocycles. The first-order valence-corrected chi connectivity index (χ1v) is 5.83. The third-order valence-electron chi connectivity index (χ3n) is 2.99. The normalized spacial score (nSPS) is 11.1. The van der Waals surface area contributed by atoms with Crippen molar-refractivity contribution in [3.8, 4) is 11.3 Å². The highest BCUT2D eigenvalue weighted by molar-refractivity contribution is 5.95. The van der Waals surface area contributed by atoms with Gasteiger partial charge in [0.1, 0.15) is 0 Å². The van der Waals surface area contributed by atoms with Crippen molar-refractivity contribution in [2.45, 2.75) is 6.43 Å². The fraction of sp³-hybridized carbons (Fsp3) is 0.0667. The van der Waals surface area contributed by atoms with Crippen LogP contribution in [0, 0.1) is 0 Å². The molecule has 0 aliphatic heterocycles. The third kappa shape index (κ3) is 2.17. The summed E-state index contributed by atoms with van der Waals surface area (Å²) in [5.74, 6) is 0. The summed E-state index contributed by atoms with van der Waals surface area (Å²) in [5, 5.41) is 1.92. The van der Waals surface area contributed by atoms with Gasteiger partial charge in [0.15, 0.2) is 0 Å². The van der Waals surface area contributed by atoms with E-state index in [0.29, 0.717) is 5.69 Å². The molecule has 0 atom stereocenters. The summed E-state index contributed by atoms with van der Waals surface area (Å²) in [4.78, 5) is 8.24. The molecule has 2 aromatic heterocycles. The molecule has 3 aromatic rings. The van der Waals surface area contributed by atoms with Gasteiger partial charge in [0.25, 0.3) is 6.43 Å². The zero-order chi connectivity index (χ0) is 13.2. The van der Waals surface area contributed by atoms with Gasteiger partial charge < -0.3 is 0 Å². The summed E-state index contributed by atoms with van der Waals surface area (Å²) in [7, 11) is 0. The standard InChI is InChI=1S/C15H10F2N2/c16-15(17)10-4-7-19-14(8-10)13-3-1-2-11-9-18-6-5-12(11)13/h1-9,15H. The number of benzene rings is 1. The average molecular weight is 256 g/mol. The lowest BCUT2D eigenvalue weighted by Crippen LogP contribution is -1.90. The van der Waals surface area contributed by atoms with Crippen molar-refractivity contribution in [1.82, 2.24) is 9.97 Å². The summed E-state index contributed by atoms with van der Waals surface area (Å²) in [6.07, 6.45) is 2.36. The van der Waals surface area contributed by atoms with Crippen LogP contribution in [0.15, 0.2) is 55.0 Å². The average Bonchev–Trinajstić information content (AvgIpc) is 2.47. The maximum absolute atomic E-state index is 12.7. The van der Waals surface area contributed by atoms with Crippen molar-refractivity contribution < 1.29 is 8.78 Å². The van der Waals surface area contributed by atoms with E-state index >= 15 is 0 Å². The molecular weight excluding hydrogens is 246 g/mol. The van der Waals surface area contributed by atoms with Crippen molar-refractivity contribution in [2.24, 2.45) is 0 Å². The number of pyridine rings is 2. The number of hydrogen-bond donors (Lipinski definition) is 0. The van der Waals surface area contributed by atoms with E-state index in [1.165, 1.54) is 18.3 Å². The van der Waals surface area contributed by atoms with Crippen molar-refractivity contribution >= 4 is 10.8 Å². The number of halogens is 2. The zero-order valence-corrected chi connectivity index (χ0v) is 9.92. The summed E-state index contributed by atoms with van der Waals surface area (Å²) in [5.41, 5.74) is 1.37. The molecule has 0 bridgehead atoms. The van der Waals surface area contributed by atoms with E-state index in [-0.39, 0.29) is 5.56 Å². The summed E-state index contributed by atoms with van der Waals surface area (Å²) >= 11 is 0. The van der Waals surface area contributed by atoms with Crippen LogP contribution in [0.25, 0.3) is 22.0 Å². The lowest BCUT2D eigenvalue weighted by Gasteiger charge is -2.07. The third-order valence-corrected chi connectivity index (χ3v) is 2.99. The van der Waals surface area contributed by atoms with Gasteiger partial charge in [-0.3, -0.25) is 9.97 Å². The number of hydrogen-bond acceptors (Lipinski definition) is 2. The largest absolute Gasteiger partial charge is 0.264 e. The molecule has 2 heterocycles. The molecule has 0 aliphatic carbocycles. The fourth-order valence-corrected chi connectivity index (χ4v) is 2.08. The monoisotopic (exact) mass is 256 g/mol. The first kappa shape index (κ1) is 11.7. The molecule has 2 nitrogen and oxygen atoms in total. The molecule has 0 saturated carbocycles. The number of rotatable bonds is 2. The quantitative estimate of drug-likeness (QED) is 0.685. The molecule has 0 fully saturated rings. The summed E-state index contributed by atoms with van der Waals surface area (Å²) in [6, 6.07) is 10.3. The van der Waals surface area contributed by atoms with Crippen LogP contribution >= 0.6 is 0 Å². The van der Waals surface area contributed by atoms with Gasteiger partial charge in [-0.25, -0.2) is 8.78 Å². The second kappa shape index (κ2) is 4.72. The van der Waals surface area contributed by atoms with Crippen LogP contribution in [0.5, 0.6) is 0 Å². The Morgan fingerprint density at radius 1 is 1.00 bits per heavy atom. The molecule has 0 N–H and O–H groups in total. The van der Waals surface area contributed by atoms with Crippen LogP contribution in [0.2, 0.25) is 0 Å². The SMILES string of the molecule is FC(F)c1ccnc(-c2cccc3cnccc23)c1. The van der Waals surface area contributed by atoms with Crippen molar-refractivity contribution in [1.29, 1.82) is 0 Å². The molecule has 0 aliphatic rings. The van der Waals surface area contributed by atoms with E-state index in [1.807, 2.05) is 24.3 Å². The molecule has 0 radical (unpaired) electrons. The lowest BCUT2D eigenvalue weighted by atomic mass is 10.0. The van der Waals surface area contributed by atoms with Gasteiger partial charge in [-0.05, 0) is 23.6 Å². The van der Waals surface area contributed by atoms with Crippen LogP contribution in [0.1, 0.15) is 12.0 Å². The van der Waals surface area contributed by atoms with Crippen molar-refractivity contribution in [3.63, 3.8) is 0 Å². The van der Waals surface area contributed by atoms with Crippen LogP contribution in [-0.2, 0) is 0 Å². The van der Waals surface area contributed by atoms with Gasteiger partial charge in [-0.2, -0.15) is 0 Å². The lowest BCUT2D eigenvalue weighted by molar-refractivity contribution is 0.151. The first-order valence-electron chi connectivity index (χ1n) is 5.83. The fourth-order valence-electron chi connectivity index (χ4n) is 2.08. The first-order chi connectivity index (χ1) is 9.25. The van der Waals surface area contributed by atoms with Gasteiger partial charge in [-0.1, -0.05) is 18.2 Å². The van der Waals surface area contributed by atoms with E-state index in [4.69, 9.17) is 0 Å². The van der Waals surface area contributed by atoms with E-state index in [0.717, 1.165) is 16.3 Å². The Hall–Kier alpha value is -2.36. The van der Waals surface area contributed by atoms with E-state index in [2.05, 4.69) is 9.97 Å². The molecular formula is C15H10F2N2. The molecule has 0 unspecified atom stereocenters. The highest BCUT2D eigenvalue weighted by Gasteiger charge is 2.10. The van der Waals surface area contributed by atoms with Gasteiger partial charge in [-0.15, -0.1) is 0 Å². The smallest absolute Gasteiger partial charge is 0.263 e. The van der Waals surface area contributed by atoms with Gasteiger partial charge >= 0.3 is 0 Å². The molecule has 3 rings (SSSR count). The van der Waals surface area contributed by atoms with Gasteiger partial charge in [0, 0.05) is 35.1 Å². The molecule has 1 aromatic carbocycles. The van der Waals surface area contributed by atoms with Crippen LogP contribution in [-0.4, -0.2) is 9.97 Å². The highest BCUT2D eigenvalue weighted by Crippen LogP contribution is 2.29. The topological polar surface area (TPSA) is 25.8 Å². The number of alkyl halides is 2. The van der Waals surface area contributed by atoms with Crippen molar-refractivity contribution in [3.05, 3.63) is 60.6 Å². The Morgan fingerprint density at radius 3 is 2.74 bits per heavy atom. The Morgan fingerprint density at radius 2 is 1.89 bits per heavy atom. The number of aromatic nitrogens is 2. The maximum Gasteiger partial charge on any atom is 0.263 e. The molecule has 19 heavy (non-hydrogen) atoms. The number of nitrogens with zero attached hydrogens (tertiary/aromatic N) is 2. The second-order valence-corrected chi connectivity index (χ2v) is 4.18. The van der Waals surface area contributed by atoms with Gasteiger partial charge in [0.05, 0.1) is 5.69 Å². The van der Waals surface area contributed by atoms with E-state index in [1.54, 1.807) is 12.4 Å². The second-order valence-electron chi connectivity index (χ2n) is 4.18. The Labute approximate surface area is 108 Å². The minimum Gasteiger partial charge on any atom is -0.264 e. The minimum absolute atomic E-state index is 0.0175. The summed E-state index contributed by atoms with van der Waals surface area (Å²) in [6.45, 7) is 0. The highest BCUT2D eigenvalue weighted by atomic mass is 19.3. The maximum atomic E-state index is 12.7. The Kier molecular flexibility index (Phi) is 2.91. The predicted octanol–water partition coefficient (Wildman–Crippen LogP) is 4.23. The van der Waals surface area contributed by atoms with Crippen LogP contribution in [0.4, 0.5) is 8.78 Å². The Balaban J connectivity index is 2.22. The van der Waals surface area contributed by atoms with Crippen LogP contribution in [0.3, 0.4) is 0 Å². The summed E-state index contributed by atoms with van der Waals surface area (Å²) < 4.78 is 25.5. The van der Waals surface area contributed by atoms with E-state index in [9.17, 15) is 8.78 Å². The van der Waals surface area contributed by atoms with Crippen LogP contribution < -0.4 is 0 Å². The predicted molar refractivity (Wildman–Crippen MR) is 69.9 cm³/mol. The molecule has 4 heteroatoms. The molecule has 0 spiro atoms. The van der Waals surface area contributed by atoms with E-state index < -0.39 is 6.43 Å². The molecule has 94 valence electrons. The van der Waals surface area contributed by atoms with Gasteiger partial charge in [0.2, 0.25) is 0 Å².